The van der Waals surface area contributed by atoms with Gasteiger partial charge in [-0.05, 0) is 20.8 Å². The highest BCUT2D eigenvalue weighted by Gasteiger charge is 2.27. The number of amides is 1. The first kappa shape index (κ1) is 16.3. The van der Waals surface area contributed by atoms with Crippen LogP contribution in [-0.4, -0.2) is 51.5 Å². The number of likely N-dealkylation sites (tertiary alicyclic amines) is 1. The Hall–Kier alpha value is -2.05. The third-order valence-corrected chi connectivity index (χ3v) is 3.27. The van der Waals surface area contributed by atoms with E-state index in [0.29, 0.717) is 31.8 Å². The van der Waals surface area contributed by atoms with E-state index in [2.05, 4.69) is 5.10 Å². The fourth-order valence-corrected chi connectivity index (χ4v) is 2.20. The lowest BCUT2D eigenvalue weighted by Gasteiger charge is -2.33. The van der Waals surface area contributed by atoms with Gasteiger partial charge in [0.2, 0.25) is 11.8 Å². The van der Waals surface area contributed by atoms with Gasteiger partial charge in [0.15, 0.2) is 0 Å². The van der Waals surface area contributed by atoms with E-state index in [1.54, 1.807) is 17.2 Å². The van der Waals surface area contributed by atoms with Gasteiger partial charge < -0.3 is 14.4 Å². The molecule has 122 valence electrons. The summed E-state index contributed by atoms with van der Waals surface area (Å²) in [6.45, 7) is 8.18. The van der Waals surface area contributed by atoms with Crippen LogP contribution in [0.4, 0.5) is 4.79 Å². The van der Waals surface area contributed by atoms with Gasteiger partial charge in [0, 0.05) is 45.1 Å². The van der Waals surface area contributed by atoms with E-state index in [0.717, 1.165) is 0 Å². The van der Waals surface area contributed by atoms with Crippen molar-refractivity contribution in [2.45, 2.75) is 52.2 Å². The number of hydrogen-bond acceptors (Lipinski definition) is 5. The summed E-state index contributed by atoms with van der Waals surface area (Å²) >= 11 is 0. The second-order valence-corrected chi connectivity index (χ2v) is 6.40. The minimum atomic E-state index is -0.482. The molecule has 1 aromatic rings. The molecular weight excluding hydrogens is 286 g/mol. The number of nitrogens with zero attached hydrogens (tertiary/aromatic N) is 3. The molecule has 0 spiro atoms. The first-order valence-electron chi connectivity index (χ1n) is 7.46. The zero-order chi connectivity index (χ0) is 16.3. The van der Waals surface area contributed by atoms with Crippen molar-refractivity contribution in [2.24, 2.45) is 0 Å². The predicted molar refractivity (Wildman–Crippen MR) is 80.0 cm³/mol. The van der Waals surface area contributed by atoms with Gasteiger partial charge in [-0.15, -0.1) is 5.10 Å². The van der Waals surface area contributed by atoms with Gasteiger partial charge in [-0.25, -0.2) is 9.48 Å². The predicted octanol–water partition coefficient (Wildman–Crippen LogP) is 2.32. The first-order chi connectivity index (χ1) is 10.2. The van der Waals surface area contributed by atoms with Crippen molar-refractivity contribution >= 4 is 12.0 Å². The molecule has 0 unspecified atom stereocenters. The van der Waals surface area contributed by atoms with Crippen LogP contribution in [0.2, 0.25) is 0 Å². The fourth-order valence-electron chi connectivity index (χ4n) is 2.20. The molecule has 2 heterocycles. The Bertz CT molecular complexity index is 539. The van der Waals surface area contributed by atoms with Crippen LogP contribution >= 0.6 is 0 Å². The monoisotopic (exact) mass is 309 g/mol. The Morgan fingerprint density at radius 3 is 2.41 bits per heavy atom. The summed E-state index contributed by atoms with van der Waals surface area (Å²) in [5.41, 5.74) is -0.482. The summed E-state index contributed by atoms with van der Waals surface area (Å²) in [6.07, 6.45) is 2.71. The molecule has 1 aliphatic rings. The zero-order valence-electron chi connectivity index (χ0n) is 13.5. The van der Waals surface area contributed by atoms with Crippen molar-refractivity contribution in [1.29, 1.82) is 0 Å². The van der Waals surface area contributed by atoms with Crippen molar-refractivity contribution in [2.75, 3.05) is 13.1 Å². The molecule has 22 heavy (non-hydrogen) atoms. The van der Waals surface area contributed by atoms with Gasteiger partial charge in [0.25, 0.3) is 0 Å². The van der Waals surface area contributed by atoms with Gasteiger partial charge >= 0.3 is 6.09 Å². The van der Waals surface area contributed by atoms with E-state index in [1.165, 1.54) is 11.6 Å². The van der Waals surface area contributed by atoms with E-state index in [4.69, 9.17) is 9.47 Å². The summed E-state index contributed by atoms with van der Waals surface area (Å²) in [6, 6.07) is 1.67. The maximum atomic E-state index is 12.0. The summed E-state index contributed by atoms with van der Waals surface area (Å²) in [4.78, 5) is 24.8. The average Bonchev–Trinajstić information content (AvgIpc) is 2.86. The average molecular weight is 309 g/mol. The summed E-state index contributed by atoms with van der Waals surface area (Å²) < 4.78 is 12.3. The SMILES string of the molecule is CC(=O)n1ccc(OC2CCN(C(=O)OC(C)(C)C)CC2)n1. The molecule has 0 bridgehead atoms. The molecule has 1 aromatic heterocycles. The highest BCUT2D eigenvalue weighted by molar-refractivity contribution is 5.75. The molecule has 7 heteroatoms. The van der Waals surface area contributed by atoms with Crippen molar-refractivity contribution < 1.29 is 19.1 Å². The van der Waals surface area contributed by atoms with Gasteiger partial charge in [0.1, 0.15) is 11.7 Å². The summed E-state index contributed by atoms with van der Waals surface area (Å²) in [5, 5.41) is 4.05. The van der Waals surface area contributed by atoms with E-state index < -0.39 is 5.60 Å². The Morgan fingerprint density at radius 1 is 1.27 bits per heavy atom. The molecule has 1 fully saturated rings. The molecular formula is C15H23N3O4. The number of piperidine rings is 1. The Morgan fingerprint density at radius 2 is 1.91 bits per heavy atom. The highest BCUT2D eigenvalue weighted by Crippen LogP contribution is 2.19. The Labute approximate surface area is 130 Å². The smallest absolute Gasteiger partial charge is 0.410 e. The largest absolute Gasteiger partial charge is 0.473 e. The number of rotatable bonds is 2. The lowest BCUT2D eigenvalue weighted by atomic mass is 10.1. The third kappa shape index (κ3) is 4.47. The molecule has 0 aromatic carbocycles. The number of carbonyl (C=O) groups is 2. The molecule has 1 saturated heterocycles. The van der Waals surface area contributed by atoms with Crippen LogP contribution in [0.3, 0.4) is 0 Å². The third-order valence-electron chi connectivity index (χ3n) is 3.27. The normalized spacial score (nSPS) is 16.5. The van der Waals surface area contributed by atoms with Crippen LogP contribution in [-0.2, 0) is 4.74 Å². The second kappa shape index (κ2) is 6.37. The van der Waals surface area contributed by atoms with Crippen molar-refractivity contribution in [3.05, 3.63) is 12.3 Å². The first-order valence-corrected chi connectivity index (χ1v) is 7.46. The number of ether oxygens (including phenoxy) is 2. The fraction of sp³-hybridized carbons (Fsp3) is 0.667. The molecule has 0 aliphatic carbocycles. The molecule has 7 nitrogen and oxygen atoms in total. The van der Waals surface area contributed by atoms with Crippen LogP contribution in [0.1, 0.15) is 45.3 Å². The topological polar surface area (TPSA) is 73.7 Å². The number of aromatic nitrogens is 2. The molecule has 0 atom stereocenters. The number of hydrogen-bond donors (Lipinski definition) is 0. The number of carbonyl (C=O) groups excluding carboxylic acids is 2. The van der Waals surface area contributed by atoms with Crippen LogP contribution in [0.25, 0.3) is 0 Å². The van der Waals surface area contributed by atoms with E-state index >= 15 is 0 Å². The van der Waals surface area contributed by atoms with Gasteiger partial charge in [-0.3, -0.25) is 4.79 Å². The van der Waals surface area contributed by atoms with E-state index in [9.17, 15) is 9.59 Å². The second-order valence-electron chi connectivity index (χ2n) is 6.40. The maximum absolute atomic E-state index is 12.0. The van der Waals surface area contributed by atoms with Gasteiger partial charge in [-0.1, -0.05) is 0 Å². The highest BCUT2D eigenvalue weighted by atomic mass is 16.6. The van der Waals surface area contributed by atoms with Gasteiger partial charge in [-0.2, -0.15) is 0 Å². The molecule has 1 aliphatic heterocycles. The molecule has 2 rings (SSSR count). The minimum absolute atomic E-state index is 0.00556. The van der Waals surface area contributed by atoms with Crippen LogP contribution < -0.4 is 4.74 Å². The van der Waals surface area contributed by atoms with E-state index in [-0.39, 0.29) is 18.1 Å². The minimum Gasteiger partial charge on any atom is -0.473 e. The lowest BCUT2D eigenvalue weighted by Crippen LogP contribution is -2.44. The standard InChI is InChI=1S/C15H23N3O4/c1-11(19)18-10-7-13(16-18)21-12-5-8-17(9-6-12)14(20)22-15(2,3)4/h7,10,12H,5-6,8-9H2,1-4H3. The molecule has 1 amide bonds. The Balaban J connectivity index is 1.81. The molecule has 0 N–H and O–H groups in total. The lowest BCUT2D eigenvalue weighted by molar-refractivity contribution is 0.0122. The van der Waals surface area contributed by atoms with Crippen LogP contribution in [0, 0.1) is 0 Å². The van der Waals surface area contributed by atoms with Crippen molar-refractivity contribution in [3.63, 3.8) is 0 Å². The van der Waals surface area contributed by atoms with Gasteiger partial charge in [0.05, 0.1) is 0 Å². The van der Waals surface area contributed by atoms with Crippen molar-refractivity contribution in [3.8, 4) is 5.88 Å². The van der Waals surface area contributed by atoms with Crippen LogP contribution in [0.5, 0.6) is 5.88 Å². The Kier molecular flexibility index (Phi) is 4.73. The molecule has 0 radical (unpaired) electrons. The quantitative estimate of drug-likeness (QED) is 0.838. The van der Waals surface area contributed by atoms with Crippen LogP contribution in [0.15, 0.2) is 12.3 Å². The zero-order valence-corrected chi connectivity index (χ0v) is 13.5. The summed E-state index contributed by atoms with van der Waals surface area (Å²) in [7, 11) is 0. The molecule has 0 saturated carbocycles. The summed E-state index contributed by atoms with van der Waals surface area (Å²) in [5.74, 6) is 0.278. The van der Waals surface area contributed by atoms with E-state index in [1.807, 2.05) is 20.8 Å². The maximum Gasteiger partial charge on any atom is 0.410 e. The van der Waals surface area contributed by atoms with Crippen molar-refractivity contribution in [1.82, 2.24) is 14.7 Å².